The summed E-state index contributed by atoms with van der Waals surface area (Å²) >= 11 is 0. The molecule has 0 saturated carbocycles. The molecule has 1 heterocycles. The molecule has 0 spiro atoms. The number of hydrogen-bond acceptors (Lipinski definition) is 3. The molecule has 4 nitrogen and oxygen atoms in total. The van der Waals surface area contributed by atoms with Crippen molar-refractivity contribution in [1.29, 1.82) is 5.26 Å². The van der Waals surface area contributed by atoms with Crippen molar-refractivity contribution < 1.29 is 4.79 Å². The molecule has 0 N–H and O–H groups in total. The molecular weight excluding hydrogens is 274 g/mol. The molecule has 0 unspecified atom stereocenters. The van der Waals surface area contributed by atoms with E-state index in [4.69, 9.17) is 5.26 Å². The third-order valence-corrected chi connectivity index (χ3v) is 3.93. The van der Waals surface area contributed by atoms with Crippen LogP contribution in [-0.4, -0.2) is 36.7 Å². The van der Waals surface area contributed by atoms with Gasteiger partial charge in [-0.3, -0.25) is 9.79 Å². The molecule has 114 valence electrons. The summed E-state index contributed by atoms with van der Waals surface area (Å²) in [6.07, 6.45) is 5.17. The minimum absolute atomic E-state index is 0.00944. The van der Waals surface area contributed by atoms with Gasteiger partial charge < -0.3 is 4.90 Å². The van der Waals surface area contributed by atoms with Gasteiger partial charge >= 0.3 is 0 Å². The lowest BCUT2D eigenvalue weighted by atomic mass is 10.0. The third-order valence-electron chi connectivity index (χ3n) is 3.93. The van der Waals surface area contributed by atoms with Crippen molar-refractivity contribution in [3.63, 3.8) is 0 Å². The molecule has 0 bridgehead atoms. The lowest BCUT2D eigenvalue weighted by molar-refractivity contribution is -0.124. The summed E-state index contributed by atoms with van der Waals surface area (Å²) in [7, 11) is 1.65. The molecule has 1 fully saturated rings. The molecule has 4 heteroatoms. The number of aliphatic imine (C=N–C) groups is 1. The van der Waals surface area contributed by atoms with E-state index in [9.17, 15) is 4.79 Å². The van der Waals surface area contributed by atoms with Gasteiger partial charge in [-0.2, -0.15) is 5.26 Å². The molecule has 2 rings (SSSR count). The first-order valence-corrected chi connectivity index (χ1v) is 7.60. The van der Waals surface area contributed by atoms with Crippen LogP contribution in [0.3, 0.4) is 0 Å². The van der Waals surface area contributed by atoms with Crippen molar-refractivity contribution in [2.24, 2.45) is 4.99 Å². The van der Waals surface area contributed by atoms with Gasteiger partial charge in [0, 0.05) is 20.1 Å². The fraction of sp³-hybridized carbons (Fsp3) is 0.389. The van der Waals surface area contributed by atoms with Gasteiger partial charge in [-0.05, 0) is 55.5 Å². The second-order valence-electron chi connectivity index (χ2n) is 5.48. The van der Waals surface area contributed by atoms with E-state index in [2.05, 4.69) is 11.1 Å². The summed E-state index contributed by atoms with van der Waals surface area (Å²) in [5.41, 5.74) is 3.08. The number of rotatable bonds is 3. The monoisotopic (exact) mass is 295 g/mol. The number of allylic oxidation sites excluding steroid dienone is 1. The summed E-state index contributed by atoms with van der Waals surface area (Å²) in [5.74, 6) is 0.00944. The quantitative estimate of drug-likeness (QED) is 0.805. The van der Waals surface area contributed by atoms with Crippen LogP contribution in [0, 0.1) is 11.3 Å². The number of hydrogen-bond donors (Lipinski definition) is 0. The highest BCUT2D eigenvalue weighted by Gasteiger charge is 2.20. The van der Waals surface area contributed by atoms with Crippen LogP contribution in [-0.2, 0) is 4.79 Å². The number of nitriles is 1. The molecule has 1 aliphatic heterocycles. The van der Waals surface area contributed by atoms with Crippen molar-refractivity contribution in [3.8, 4) is 6.07 Å². The highest BCUT2D eigenvalue weighted by Crippen LogP contribution is 2.16. The SMILES string of the molecule is C/N=C(\C=C(/C)c1ccc(C#N)cc1)C(=O)N1CCCCC1. The van der Waals surface area contributed by atoms with Crippen molar-refractivity contribution in [3.05, 3.63) is 41.5 Å². The van der Waals surface area contributed by atoms with Crippen LogP contribution >= 0.6 is 0 Å². The van der Waals surface area contributed by atoms with Crippen LogP contribution in [0.1, 0.15) is 37.3 Å². The van der Waals surface area contributed by atoms with Crippen molar-refractivity contribution in [2.45, 2.75) is 26.2 Å². The first-order valence-electron chi connectivity index (χ1n) is 7.60. The Labute approximate surface area is 131 Å². The van der Waals surface area contributed by atoms with Crippen molar-refractivity contribution >= 4 is 17.2 Å². The maximum absolute atomic E-state index is 12.5. The lowest BCUT2D eigenvalue weighted by Gasteiger charge is -2.26. The Bertz CT molecular complexity index is 629. The molecule has 0 radical (unpaired) electrons. The van der Waals surface area contributed by atoms with Crippen LogP contribution in [0.5, 0.6) is 0 Å². The number of carbonyl (C=O) groups is 1. The van der Waals surface area contributed by atoms with Crippen LogP contribution in [0.4, 0.5) is 0 Å². The summed E-state index contributed by atoms with van der Waals surface area (Å²) in [6.45, 7) is 3.60. The van der Waals surface area contributed by atoms with Crippen LogP contribution in [0.15, 0.2) is 35.3 Å². The third kappa shape index (κ3) is 3.82. The van der Waals surface area contributed by atoms with E-state index in [0.717, 1.165) is 37.1 Å². The Morgan fingerprint density at radius 2 is 1.86 bits per heavy atom. The van der Waals surface area contributed by atoms with Crippen LogP contribution in [0.25, 0.3) is 5.57 Å². The first-order chi connectivity index (χ1) is 10.7. The van der Waals surface area contributed by atoms with E-state index in [1.54, 1.807) is 19.2 Å². The van der Waals surface area contributed by atoms with E-state index < -0.39 is 0 Å². The normalized spacial score (nSPS) is 16.3. The molecule has 0 aliphatic carbocycles. The fourth-order valence-electron chi connectivity index (χ4n) is 2.58. The number of carbonyl (C=O) groups excluding carboxylic acids is 1. The Morgan fingerprint density at radius 3 is 2.41 bits per heavy atom. The summed E-state index contributed by atoms with van der Waals surface area (Å²) in [6, 6.07) is 9.45. The Morgan fingerprint density at radius 1 is 1.23 bits per heavy atom. The standard InChI is InChI=1S/C18H21N3O/c1-14(16-8-6-15(13-19)7-9-16)12-17(20-2)18(22)21-10-4-3-5-11-21/h6-9,12H,3-5,10-11H2,1-2H3/b14-12+,20-17+. The topological polar surface area (TPSA) is 56.5 Å². The fourth-order valence-corrected chi connectivity index (χ4v) is 2.58. The average molecular weight is 295 g/mol. The first kappa shape index (κ1) is 16.0. The zero-order chi connectivity index (χ0) is 15.9. The van der Waals surface area contributed by atoms with Gasteiger partial charge in [-0.1, -0.05) is 12.1 Å². The molecule has 0 atom stereocenters. The van der Waals surface area contributed by atoms with Crippen molar-refractivity contribution in [1.82, 2.24) is 4.90 Å². The summed E-state index contributed by atoms with van der Waals surface area (Å²) < 4.78 is 0. The van der Waals surface area contributed by atoms with E-state index in [1.165, 1.54) is 6.42 Å². The number of piperidine rings is 1. The summed E-state index contributed by atoms with van der Waals surface area (Å²) in [5, 5.41) is 8.83. The smallest absolute Gasteiger partial charge is 0.271 e. The number of amides is 1. The van der Waals surface area contributed by atoms with Gasteiger partial charge in [0.2, 0.25) is 0 Å². The highest BCUT2D eigenvalue weighted by atomic mass is 16.2. The van der Waals surface area contributed by atoms with Gasteiger partial charge in [0.15, 0.2) is 0 Å². The van der Waals surface area contributed by atoms with Crippen molar-refractivity contribution in [2.75, 3.05) is 20.1 Å². The number of likely N-dealkylation sites (tertiary alicyclic amines) is 1. The predicted octanol–water partition coefficient (Wildman–Crippen LogP) is 3.04. The maximum Gasteiger partial charge on any atom is 0.271 e. The molecule has 1 aliphatic rings. The molecule has 1 saturated heterocycles. The Balaban J connectivity index is 2.16. The molecule has 0 aromatic heterocycles. The Hall–Kier alpha value is -2.41. The van der Waals surface area contributed by atoms with Gasteiger partial charge in [0.1, 0.15) is 5.71 Å². The van der Waals surface area contributed by atoms with E-state index in [1.807, 2.05) is 30.0 Å². The number of benzene rings is 1. The van der Waals surface area contributed by atoms with Gasteiger partial charge in [0.25, 0.3) is 5.91 Å². The van der Waals surface area contributed by atoms with Crippen LogP contribution < -0.4 is 0 Å². The largest absolute Gasteiger partial charge is 0.337 e. The van der Waals surface area contributed by atoms with Gasteiger partial charge in [-0.25, -0.2) is 0 Å². The van der Waals surface area contributed by atoms with E-state index >= 15 is 0 Å². The van der Waals surface area contributed by atoms with Gasteiger partial charge in [-0.15, -0.1) is 0 Å². The van der Waals surface area contributed by atoms with Crippen LogP contribution in [0.2, 0.25) is 0 Å². The Kier molecular flexibility index (Phi) is 5.48. The van der Waals surface area contributed by atoms with Gasteiger partial charge in [0.05, 0.1) is 11.6 Å². The molecular formula is C18H21N3O. The van der Waals surface area contributed by atoms with E-state index in [0.29, 0.717) is 11.3 Å². The zero-order valence-electron chi connectivity index (χ0n) is 13.2. The lowest BCUT2D eigenvalue weighted by Crippen LogP contribution is -2.39. The molecule has 1 aromatic carbocycles. The molecule has 1 aromatic rings. The maximum atomic E-state index is 12.5. The van der Waals surface area contributed by atoms with E-state index in [-0.39, 0.29) is 5.91 Å². The second kappa shape index (κ2) is 7.56. The number of nitrogens with zero attached hydrogens (tertiary/aromatic N) is 3. The summed E-state index contributed by atoms with van der Waals surface area (Å²) in [4.78, 5) is 18.5. The molecule has 22 heavy (non-hydrogen) atoms. The average Bonchev–Trinajstić information content (AvgIpc) is 2.59. The minimum atomic E-state index is 0.00944. The highest BCUT2D eigenvalue weighted by molar-refractivity contribution is 6.44. The second-order valence-corrected chi connectivity index (χ2v) is 5.48. The minimum Gasteiger partial charge on any atom is -0.337 e. The predicted molar refractivity (Wildman–Crippen MR) is 88.6 cm³/mol. The molecule has 1 amide bonds. The zero-order valence-corrected chi connectivity index (χ0v) is 13.2.